The van der Waals surface area contributed by atoms with E-state index in [1.54, 1.807) is 52.7 Å². The fraction of sp³-hybridized carbons (Fsp3) is 0.345. The van der Waals surface area contributed by atoms with Gasteiger partial charge in [0.15, 0.2) is 0 Å². The van der Waals surface area contributed by atoms with Crippen LogP contribution in [-0.2, 0) is 14.3 Å². The highest BCUT2D eigenvalue weighted by Gasteiger charge is 2.28. The first kappa shape index (κ1) is 26.9. The molecule has 0 N–H and O–H groups in total. The maximum absolute atomic E-state index is 14.9. The van der Waals surface area contributed by atoms with E-state index in [4.69, 9.17) is 9.47 Å². The van der Waals surface area contributed by atoms with Crippen LogP contribution in [0.25, 0.3) is 16.9 Å². The number of para-hydroxylation sites is 1. The van der Waals surface area contributed by atoms with Gasteiger partial charge in [0, 0.05) is 38.3 Å². The summed E-state index contributed by atoms with van der Waals surface area (Å²) in [5.74, 6) is -0.396. The highest BCUT2D eigenvalue weighted by atomic mass is 19.1. The molecular formula is C29H32FN3O5. The van der Waals surface area contributed by atoms with Gasteiger partial charge in [0.2, 0.25) is 5.91 Å². The molecule has 0 saturated carbocycles. The lowest BCUT2D eigenvalue weighted by molar-refractivity contribution is -0.146. The molecule has 2 amide bonds. The molecule has 2 heterocycles. The maximum atomic E-state index is 14.9. The molecule has 0 radical (unpaired) electrons. The molecule has 0 atom stereocenters. The summed E-state index contributed by atoms with van der Waals surface area (Å²) in [5.41, 5.74) is 2.95. The number of esters is 1. The van der Waals surface area contributed by atoms with Gasteiger partial charge < -0.3 is 23.8 Å². The van der Waals surface area contributed by atoms with Crippen molar-refractivity contribution in [2.45, 2.75) is 26.7 Å². The third-order valence-corrected chi connectivity index (χ3v) is 6.72. The summed E-state index contributed by atoms with van der Waals surface area (Å²) in [4.78, 5) is 41.1. The molecule has 1 aliphatic rings. The lowest BCUT2D eigenvalue weighted by Gasteiger charge is -2.34. The van der Waals surface area contributed by atoms with E-state index >= 15 is 0 Å². The quantitative estimate of drug-likeness (QED) is 0.415. The van der Waals surface area contributed by atoms with Crippen molar-refractivity contribution >= 4 is 17.8 Å². The third-order valence-electron chi connectivity index (χ3n) is 6.72. The van der Waals surface area contributed by atoms with E-state index in [9.17, 15) is 18.8 Å². The standard InChI is InChI=1S/C29H32FN3O5/c1-4-38-28(35)14-13-27(34)31-15-17-32(18-16-31)29(36)23-19-26(21-9-11-22(37-3)12-10-21)33(20(23)2)25-8-6-5-7-24(25)30/h5-12,19H,4,13-18H2,1-3H3. The fourth-order valence-electron chi connectivity index (χ4n) is 4.67. The Labute approximate surface area is 221 Å². The van der Waals surface area contributed by atoms with Crippen LogP contribution < -0.4 is 4.74 Å². The highest BCUT2D eigenvalue weighted by molar-refractivity contribution is 5.97. The number of benzene rings is 2. The summed E-state index contributed by atoms with van der Waals surface area (Å²) < 4.78 is 26.8. The fourth-order valence-corrected chi connectivity index (χ4v) is 4.67. The molecule has 0 unspecified atom stereocenters. The van der Waals surface area contributed by atoms with Crippen molar-refractivity contribution in [2.24, 2.45) is 0 Å². The van der Waals surface area contributed by atoms with Crippen molar-refractivity contribution in [3.63, 3.8) is 0 Å². The van der Waals surface area contributed by atoms with Gasteiger partial charge in [-0.05, 0) is 61.9 Å². The molecule has 200 valence electrons. The smallest absolute Gasteiger partial charge is 0.306 e. The van der Waals surface area contributed by atoms with Gasteiger partial charge in [-0.1, -0.05) is 12.1 Å². The topological polar surface area (TPSA) is 81.1 Å². The summed E-state index contributed by atoms with van der Waals surface area (Å²) >= 11 is 0. The van der Waals surface area contributed by atoms with E-state index in [2.05, 4.69) is 0 Å². The first-order valence-corrected chi connectivity index (χ1v) is 12.7. The Morgan fingerprint density at radius 1 is 0.921 bits per heavy atom. The lowest BCUT2D eigenvalue weighted by atomic mass is 10.1. The second kappa shape index (κ2) is 11.9. The second-order valence-electron chi connectivity index (χ2n) is 9.02. The van der Waals surface area contributed by atoms with Crippen LogP contribution >= 0.6 is 0 Å². The maximum Gasteiger partial charge on any atom is 0.306 e. The SMILES string of the molecule is CCOC(=O)CCC(=O)N1CCN(C(=O)c2cc(-c3ccc(OC)cc3)n(-c3ccccc3F)c2C)CC1. The van der Waals surface area contributed by atoms with Gasteiger partial charge in [0.1, 0.15) is 11.6 Å². The van der Waals surface area contributed by atoms with Crippen molar-refractivity contribution < 1.29 is 28.2 Å². The van der Waals surface area contributed by atoms with Crippen LogP contribution in [0.15, 0.2) is 54.6 Å². The van der Waals surface area contributed by atoms with Crippen LogP contribution in [0.1, 0.15) is 35.8 Å². The number of halogens is 1. The van der Waals surface area contributed by atoms with Gasteiger partial charge in [-0.25, -0.2) is 4.39 Å². The third kappa shape index (κ3) is 5.72. The average Bonchev–Trinajstić information content (AvgIpc) is 3.28. The number of hydrogen-bond acceptors (Lipinski definition) is 5. The molecule has 1 aliphatic heterocycles. The predicted molar refractivity (Wildman–Crippen MR) is 141 cm³/mol. The summed E-state index contributed by atoms with van der Waals surface area (Å²) in [6.07, 6.45) is 0.130. The van der Waals surface area contributed by atoms with Crippen LogP contribution in [0, 0.1) is 12.7 Å². The van der Waals surface area contributed by atoms with Gasteiger partial charge in [0.25, 0.3) is 5.91 Å². The van der Waals surface area contributed by atoms with Gasteiger partial charge in [-0.15, -0.1) is 0 Å². The molecule has 0 bridgehead atoms. The number of nitrogens with zero attached hydrogens (tertiary/aromatic N) is 3. The molecular weight excluding hydrogens is 489 g/mol. The Morgan fingerprint density at radius 2 is 1.58 bits per heavy atom. The van der Waals surface area contributed by atoms with Crippen molar-refractivity contribution in [2.75, 3.05) is 39.9 Å². The van der Waals surface area contributed by atoms with Crippen LogP contribution in [0.2, 0.25) is 0 Å². The number of rotatable bonds is 8. The predicted octanol–water partition coefficient (Wildman–Crippen LogP) is 4.23. The molecule has 1 saturated heterocycles. The van der Waals surface area contributed by atoms with Crippen molar-refractivity contribution in [1.29, 1.82) is 0 Å². The van der Waals surface area contributed by atoms with E-state index in [0.717, 1.165) is 5.56 Å². The molecule has 0 aliphatic carbocycles. The van der Waals surface area contributed by atoms with E-state index in [0.29, 0.717) is 54.6 Å². The number of piperazine rings is 1. The van der Waals surface area contributed by atoms with Crippen LogP contribution in [0.5, 0.6) is 5.75 Å². The molecule has 2 aromatic carbocycles. The minimum atomic E-state index is -0.394. The number of aromatic nitrogens is 1. The molecule has 1 fully saturated rings. The van der Waals surface area contributed by atoms with E-state index in [-0.39, 0.29) is 31.3 Å². The molecule has 38 heavy (non-hydrogen) atoms. The summed E-state index contributed by atoms with van der Waals surface area (Å²) in [6.45, 7) is 5.31. The number of carbonyl (C=O) groups is 3. The van der Waals surface area contributed by atoms with Gasteiger partial charge in [-0.3, -0.25) is 14.4 Å². The largest absolute Gasteiger partial charge is 0.497 e. The molecule has 3 aromatic rings. The van der Waals surface area contributed by atoms with Crippen LogP contribution in [0.3, 0.4) is 0 Å². The number of amides is 2. The number of carbonyl (C=O) groups excluding carboxylic acids is 3. The normalized spacial score (nSPS) is 13.4. The number of methoxy groups -OCH3 is 1. The first-order valence-electron chi connectivity index (χ1n) is 12.7. The zero-order chi connectivity index (χ0) is 27.2. The molecule has 9 heteroatoms. The lowest BCUT2D eigenvalue weighted by Crippen LogP contribution is -2.50. The van der Waals surface area contributed by atoms with Gasteiger partial charge >= 0.3 is 5.97 Å². The van der Waals surface area contributed by atoms with Crippen LogP contribution in [-0.4, -0.2) is 72.0 Å². The Hall–Kier alpha value is -4.14. The van der Waals surface area contributed by atoms with E-state index < -0.39 is 11.8 Å². The van der Waals surface area contributed by atoms with Crippen LogP contribution in [0.4, 0.5) is 4.39 Å². The number of ether oxygens (including phenoxy) is 2. The zero-order valence-electron chi connectivity index (χ0n) is 21.9. The first-order chi connectivity index (χ1) is 18.3. The molecule has 4 rings (SSSR count). The Balaban J connectivity index is 1.56. The Morgan fingerprint density at radius 3 is 2.21 bits per heavy atom. The van der Waals surface area contributed by atoms with Gasteiger partial charge in [0.05, 0.1) is 37.1 Å². The number of hydrogen-bond donors (Lipinski definition) is 0. The Bertz CT molecular complexity index is 1310. The average molecular weight is 522 g/mol. The summed E-state index contributed by atoms with van der Waals surface area (Å²) in [7, 11) is 1.59. The molecule has 0 spiro atoms. The molecule has 1 aromatic heterocycles. The second-order valence-corrected chi connectivity index (χ2v) is 9.02. The van der Waals surface area contributed by atoms with E-state index in [1.807, 2.05) is 31.2 Å². The molecule has 8 nitrogen and oxygen atoms in total. The summed E-state index contributed by atoms with van der Waals surface area (Å²) in [6, 6.07) is 15.7. The van der Waals surface area contributed by atoms with Crippen molar-refractivity contribution in [3.05, 3.63) is 71.7 Å². The highest BCUT2D eigenvalue weighted by Crippen LogP contribution is 2.32. The van der Waals surface area contributed by atoms with Gasteiger partial charge in [-0.2, -0.15) is 0 Å². The minimum absolute atomic E-state index is 0.0444. The van der Waals surface area contributed by atoms with Crippen molar-refractivity contribution in [1.82, 2.24) is 14.4 Å². The minimum Gasteiger partial charge on any atom is -0.497 e. The zero-order valence-corrected chi connectivity index (χ0v) is 21.9. The van der Waals surface area contributed by atoms with E-state index in [1.165, 1.54) is 6.07 Å². The summed E-state index contributed by atoms with van der Waals surface area (Å²) in [5, 5.41) is 0. The van der Waals surface area contributed by atoms with Crippen molar-refractivity contribution in [3.8, 4) is 22.7 Å². The Kier molecular flexibility index (Phi) is 8.45. The monoisotopic (exact) mass is 521 g/mol.